The fourth-order valence-electron chi connectivity index (χ4n) is 5.09. The molecule has 0 bridgehead atoms. The molecule has 2 aromatic carbocycles. The molecule has 1 atom stereocenters. The molecule has 1 N–H and O–H groups in total. The summed E-state index contributed by atoms with van der Waals surface area (Å²) in [6, 6.07) is 15.2. The van der Waals surface area contributed by atoms with Crippen LogP contribution in [-0.4, -0.2) is 22.7 Å². The molecule has 32 heavy (non-hydrogen) atoms. The summed E-state index contributed by atoms with van der Waals surface area (Å²) < 4.78 is 0. The number of carbonyl (C=O) groups excluding carboxylic acids is 1. The fraction of sp³-hybridized carbons (Fsp3) is 0.407. The van der Waals surface area contributed by atoms with Crippen molar-refractivity contribution >= 4 is 40.3 Å². The molecule has 0 spiro atoms. The zero-order valence-electron chi connectivity index (χ0n) is 19.9. The van der Waals surface area contributed by atoms with Crippen LogP contribution in [0.25, 0.3) is 6.08 Å². The Bertz CT molecular complexity index is 1080. The smallest absolute Gasteiger partial charge is 0.264 e. The lowest BCUT2D eigenvalue weighted by molar-refractivity contribution is -0.115. The minimum absolute atomic E-state index is 0.0883. The van der Waals surface area contributed by atoms with Crippen molar-refractivity contribution in [3.63, 3.8) is 0 Å². The maximum Gasteiger partial charge on any atom is 0.264 e. The molecule has 168 valence electrons. The fourth-order valence-corrected chi connectivity index (χ4v) is 5.93. The van der Waals surface area contributed by atoms with Crippen LogP contribution in [0.15, 0.2) is 52.4 Å². The summed E-state index contributed by atoms with van der Waals surface area (Å²) in [5.41, 5.74) is 5.99. The lowest BCUT2D eigenvalue weighted by atomic mass is 9.79. The van der Waals surface area contributed by atoms with Crippen molar-refractivity contribution in [3.8, 4) is 0 Å². The third-order valence-electron chi connectivity index (χ3n) is 6.34. The predicted molar refractivity (Wildman–Crippen MR) is 138 cm³/mol. The molecule has 2 aliphatic rings. The SMILES string of the molecule is CCc1ccc(N=C2NC(=O)/C(=C/c3ccc4c(c3)[C@@H](C)CC(C)(C)N4C(C)C)S2)cc1. The molecule has 0 unspecified atom stereocenters. The van der Waals surface area contributed by atoms with Crippen LogP contribution in [-0.2, 0) is 11.2 Å². The van der Waals surface area contributed by atoms with Crippen molar-refractivity contribution in [1.82, 2.24) is 5.32 Å². The van der Waals surface area contributed by atoms with Gasteiger partial charge in [-0.25, -0.2) is 4.99 Å². The molecule has 5 heteroatoms. The molecular weight excluding hydrogens is 414 g/mol. The highest BCUT2D eigenvalue weighted by Crippen LogP contribution is 2.45. The maximum atomic E-state index is 12.6. The first-order valence-electron chi connectivity index (χ1n) is 11.5. The topological polar surface area (TPSA) is 44.7 Å². The standard InChI is InChI=1S/C27H33N3OS/c1-7-19-8-11-21(12-9-19)28-26-29-25(31)24(32-26)15-20-10-13-23-22(14-20)18(4)16-27(5,6)30(23)17(2)3/h8-15,17-18H,7,16H2,1-6H3,(H,28,29,31)/b24-15-/t18-/m0/s1. The van der Waals surface area contributed by atoms with Crippen molar-refractivity contribution in [3.05, 3.63) is 64.1 Å². The summed E-state index contributed by atoms with van der Waals surface area (Å²) in [4.78, 5) is 20.4. The maximum absolute atomic E-state index is 12.6. The van der Waals surface area contributed by atoms with Gasteiger partial charge in [0, 0.05) is 17.3 Å². The Morgan fingerprint density at radius 2 is 1.94 bits per heavy atom. The summed E-state index contributed by atoms with van der Waals surface area (Å²) in [7, 11) is 0. The second-order valence-electron chi connectivity index (χ2n) is 9.70. The molecule has 1 fully saturated rings. The number of carbonyl (C=O) groups is 1. The Morgan fingerprint density at radius 1 is 1.22 bits per heavy atom. The van der Waals surface area contributed by atoms with Crippen molar-refractivity contribution < 1.29 is 4.79 Å². The second-order valence-corrected chi connectivity index (χ2v) is 10.7. The van der Waals surface area contributed by atoms with Crippen LogP contribution in [0.3, 0.4) is 0 Å². The Morgan fingerprint density at radius 3 is 2.59 bits per heavy atom. The van der Waals surface area contributed by atoms with Crippen molar-refractivity contribution in [2.24, 2.45) is 4.99 Å². The quantitative estimate of drug-likeness (QED) is 0.534. The molecule has 4 nitrogen and oxygen atoms in total. The second kappa shape index (κ2) is 8.78. The van der Waals surface area contributed by atoms with Gasteiger partial charge in [-0.2, -0.15) is 0 Å². The third-order valence-corrected chi connectivity index (χ3v) is 7.25. The van der Waals surface area contributed by atoms with Gasteiger partial charge in [-0.15, -0.1) is 0 Å². The number of aliphatic imine (C=N–C) groups is 1. The highest BCUT2D eigenvalue weighted by atomic mass is 32.2. The summed E-state index contributed by atoms with van der Waals surface area (Å²) in [5, 5.41) is 3.53. The van der Waals surface area contributed by atoms with E-state index in [2.05, 4.69) is 87.1 Å². The van der Waals surface area contributed by atoms with E-state index in [-0.39, 0.29) is 11.4 Å². The van der Waals surface area contributed by atoms with Crippen molar-refractivity contribution in [1.29, 1.82) is 0 Å². The number of hydrogen-bond donors (Lipinski definition) is 1. The summed E-state index contributed by atoms with van der Waals surface area (Å²) in [6.07, 6.45) is 4.09. The molecule has 2 aromatic rings. The highest BCUT2D eigenvalue weighted by molar-refractivity contribution is 8.18. The average molecular weight is 448 g/mol. The molecule has 1 amide bonds. The predicted octanol–water partition coefficient (Wildman–Crippen LogP) is 6.64. The lowest BCUT2D eigenvalue weighted by Gasteiger charge is -2.50. The van der Waals surface area contributed by atoms with E-state index in [0.29, 0.717) is 22.0 Å². The zero-order valence-corrected chi connectivity index (χ0v) is 20.7. The van der Waals surface area contributed by atoms with Crippen LogP contribution in [0, 0.1) is 0 Å². The molecular formula is C27H33N3OS. The number of fused-ring (bicyclic) bond motifs is 1. The number of amides is 1. The summed E-state index contributed by atoms with van der Waals surface area (Å²) >= 11 is 1.40. The van der Waals surface area contributed by atoms with Gasteiger partial charge in [0.15, 0.2) is 5.17 Å². The van der Waals surface area contributed by atoms with Gasteiger partial charge in [0.2, 0.25) is 0 Å². The van der Waals surface area contributed by atoms with Gasteiger partial charge in [0.1, 0.15) is 0 Å². The van der Waals surface area contributed by atoms with Gasteiger partial charge in [0.25, 0.3) is 5.91 Å². The number of aryl methyl sites for hydroxylation is 1. The molecule has 2 heterocycles. The first-order chi connectivity index (χ1) is 15.2. The van der Waals surface area contributed by atoms with Gasteiger partial charge in [0.05, 0.1) is 10.6 Å². The molecule has 0 radical (unpaired) electrons. The first-order valence-corrected chi connectivity index (χ1v) is 12.3. The highest BCUT2D eigenvalue weighted by Gasteiger charge is 2.37. The molecule has 0 aromatic heterocycles. The van der Waals surface area contributed by atoms with Crippen LogP contribution in [0.1, 0.15) is 70.6 Å². The molecule has 4 rings (SSSR count). The molecule has 2 aliphatic heterocycles. The average Bonchev–Trinajstić information content (AvgIpc) is 3.06. The van der Waals surface area contributed by atoms with E-state index >= 15 is 0 Å². The zero-order chi connectivity index (χ0) is 23.0. The Kier molecular flexibility index (Phi) is 6.22. The Hall–Kier alpha value is -2.53. The van der Waals surface area contributed by atoms with E-state index in [1.165, 1.54) is 28.6 Å². The summed E-state index contributed by atoms with van der Waals surface area (Å²) in [5.74, 6) is 0.385. The largest absolute Gasteiger partial charge is 0.364 e. The summed E-state index contributed by atoms with van der Waals surface area (Å²) in [6.45, 7) is 13.6. The molecule has 1 saturated heterocycles. The number of amidine groups is 1. The third kappa shape index (κ3) is 4.49. The van der Waals surface area contributed by atoms with E-state index in [1.54, 1.807) is 0 Å². The number of hydrogen-bond acceptors (Lipinski definition) is 4. The first kappa shape index (κ1) is 22.7. The number of benzene rings is 2. The minimum Gasteiger partial charge on any atom is -0.364 e. The van der Waals surface area contributed by atoms with E-state index < -0.39 is 0 Å². The van der Waals surface area contributed by atoms with E-state index in [0.717, 1.165) is 24.1 Å². The van der Waals surface area contributed by atoms with Crippen LogP contribution in [0.2, 0.25) is 0 Å². The normalized spacial score (nSPS) is 22.5. The number of nitrogens with one attached hydrogen (secondary N) is 1. The molecule has 0 aliphatic carbocycles. The van der Waals surface area contributed by atoms with Gasteiger partial charge in [-0.1, -0.05) is 32.0 Å². The van der Waals surface area contributed by atoms with Gasteiger partial charge in [-0.3, -0.25) is 4.79 Å². The minimum atomic E-state index is -0.0883. The van der Waals surface area contributed by atoms with Crippen LogP contribution in [0.4, 0.5) is 11.4 Å². The number of rotatable bonds is 4. The van der Waals surface area contributed by atoms with E-state index in [1.807, 2.05) is 18.2 Å². The van der Waals surface area contributed by atoms with E-state index in [9.17, 15) is 4.79 Å². The van der Waals surface area contributed by atoms with Gasteiger partial charge >= 0.3 is 0 Å². The van der Waals surface area contributed by atoms with Gasteiger partial charge < -0.3 is 10.2 Å². The van der Waals surface area contributed by atoms with Crippen LogP contribution < -0.4 is 10.2 Å². The molecule has 0 saturated carbocycles. The number of nitrogens with zero attached hydrogens (tertiary/aromatic N) is 2. The van der Waals surface area contributed by atoms with E-state index in [4.69, 9.17) is 0 Å². The lowest BCUT2D eigenvalue weighted by Crippen LogP contribution is -2.51. The van der Waals surface area contributed by atoms with Gasteiger partial charge in [-0.05, 0) is 105 Å². The number of anilines is 1. The van der Waals surface area contributed by atoms with Crippen LogP contribution >= 0.6 is 11.8 Å². The Labute approximate surface area is 196 Å². The monoisotopic (exact) mass is 447 g/mol. The number of thioether (sulfide) groups is 1. The van der Waals surface area contributed by atoms with Crippen molar-refractivity contribution in [2.75, 3.05) is 4.90 Å². The van der Waals surface area contributed by atoms with Crippen molar-refractivity contribution in [2.45, 2.75) is 71.9 Å². The van der Waals surface area contributed by atoms with Crippen LogP contribution in [0.5, 0.6) is 0 Å². The Balaban J connectivity index is 1.60.